The van der Waals surface area contributed by atoms with Gasteiger partial charge in [-0.15, -0.1) is 0 Å². The van der Waals surface area contributed by atoms with Crippen molar-refractivity contribution < 1.29 is 19.6 Å². The minimum atomic E-state index is -1.09. The third-order valence-electron chi connectivity index (χ3n) is 3.96. The minimum absolute atomic E-state index is 0.0197. The van der Waals surface area contributed by atoms with E-state index in [0.29, 0.717) is 11.3 Å². The van der Waals surface area contributed by atoms with E-state index in [9.17, 15) is 20.0 Å². The molecule has 8 nitrogen and oxygen atoms in total. The molecule has 0 aliphatic carbocycles. The van der Waals surface area contributed by atoms with Gasteiger partial charge < -0.3 is 14.7 Å². The largest absolute Gasteiger partial charge is 0.444 e. The van der Waals surface area contributed by atoms with Crippen molar-refractivity contribution >= 4 is 23.4 Å². The Balaban J connectivity index is 2.19. The van der Waals surface area contributed by atoms with Crippen LogP contribution in [-0.4, -0.2) is 44.7 Å². The lowest BCUT2D eigenvalue weighted by molar-refractivity contribution is -0.385. The first-order chi connectivity index (χ1) is 13.6. The number of hydrogen-bond acceptors (Lipinski definition) is 6. The second-order valence-corrected chi connectivity index (χ2v) is 7.85. The zero-order valence-corrected chi connectivity index (χ0v) is 17.3. The summed E-state index contributed by atoms with van der Waals surface area (Å²) in [6.45, 7) is 5.24. The summed E-state index contributed by atoms with van der Waals surface area (Å²) in [6.07, 6.45) is -1.49. The molecule has 1 amide bonds. The van der Waals surface area contributed by atoms with Gasteiger partial charge in [-0.25, -0.2) is 9.78 Å². The molecule has 29 heavy (non-hydrogen) atoms. The number of carbonyl (C=O) groups excluding carboxylic acids is 1. The fraction of sp³-hybridized carbons (Fsp3) is 0.400. The van der Waals surface area contributed by atoms with Crippen LogP contribution in [0.4, 0.5) is 10.5 Å². The van der Waals surface area contributed by atoms with Crippen molar-refractivity contribution in [2.45, 2.75) is 38.9 Å². The predicted molar refractivity (Wildman–Crippen MR) is 109 cm³/mol. The van der Waals surface area contributed by atoms with Crippen molar-refractivity contribution in [3.05, 3.63) is 69.0 Å². The average molecular weight is 422 g/mol. The van der Waals surface area contributed by atoms with Crippen LogP contribution >= 0.6 is 11.6 Å². The number of benzene rings is 1. The molecule has 0 aliphatic heterocycles. The molecule has 1 heterocycles. The number of halogens is 1. The number of aromatic nitrogens is 1. The van der Waals surface area contributed by atoms with Gasteiger partial charge in [0.15, 0.2) is 0 Å². The molecule has 0 fully saturated rings. The molecular weight excluding hydrogens is 398 g/mol. The zero-order valence-electron chi connectivity index (χ0n) is 16.5. The van der Waals surface area contributed by atoms with Crippen LogP contribution in [0, 0.1) is 10.1 Å². The van der Waals surface area contributed by atoms with Gasteiger partial charge >= 0.3 is 6.09 Å². The molecule has 2 rings (SSSR count). The Morgan fingerprint density at radius 3 is 2.59 bits per heavy atom. The van der Waals surface area contributed by atoms with Crippen molar-refractivity contribution in [3.8, 4) is 0 Å². The maximum Gasteiger partial charge on any atom is 0.410 e. The number of pyridine rings is 1. The summed E-state index contributed by atoms with van der Waals surface area (Å²) >= 11 is 5.87. The van der Waals surface area contributed by atoms with Crippen LogP contribution in [0.15, 0.2) is 42.5 Å². The Morgan fingerprint density at radius 1 is 1.28 bits per heavy atom. The number of hydrogen-bond donors (Lipinski definition) is 1. The van der Waals surface area contributed by atoms with E-state index >= 15 is 0 Å². The quantitative estimate of drug-likeness (QED) is 0.409. The third-order valence-corrected chi connectivity index (χ3v) is 4.17. The Labute approximate surface area is 174 Å². The monoisotopic (exact) mass is 421 g/mol. The molecule has 1 atom stereocenters. The molecule has 0 unspecified atom stereocenters. The maximum absolute atomic E-state index is 12.6. The molecular formula is C20H24ClN3O5. The molecule has 0 saturated heterocycles. The zero-order chi connectivity index (χ0) is 21.6. The number of para-hydroxylation sites is 1. The average Bonchev–Trinajstić information content (AvgIpc) is 2.63. The maximum atomic E-state index is 12.6. The summed E-state index contributed by atoms with van der Waals surface area (Å²) in [6, 6.07) is 11.2. The molecule has 0 radical (unpaired) electrons. The lowest BCUT2D eigenvalue weighted by atomic mass is 10.1. The number of carbonyl (C=O) groups is 1. The Morgan fingerprint density at radius 2 is 1.97 bits per heavy atom. The lowest BCUT2D eigenvalue weighted by Crippen LogP contribution is -2.40. The third kappa shape index (κ3) is 6.99. The lowest BCUT2D eigenvalue weighted by Gasteiger charge is -2.29. The molecule has 1 aromatic heterocycles. The fourth-order valence-corrected chi connectivity index (χ4v) is 2.82. The summed E-state index contributed by atoms with van der Waals surface area (Å²) in [5.41, 5.74) is 0.0553. The highest BCUT2D eigenvalue weighted by atomic mass is 35.5. The van der Waals surface area contributed by atoms with Gasteiger partial charge in [0.2, 0.25) is 0 Å². The van der Waals surface area contributed by atoms with Gasteiger partial charge in [0.1, 0.15) is 16.9 Å². The first-order valence-electron chi connectivity index (χ1n) is 9.07. The Bertz CT molecular complexity index is 869. The molecule has 2 aromatic rings. The normalized spacial score (nSPS) is 12.3. The molecule has 0 bridgehead atoms. The van der Waals surface area contributed by atoms with E-state index < -0.39 is 22.7 Å². The summed E-state index contributed by atoms with van der Waals surface area (Å²) < 4.78 is 5.42. The summed E-state index contributed by atoms with van der Waals surface area (Å²) in [5.74, 6) is 0. The fourth-order valence-electron chi connectivity index (χ4n) is 2.65. The van der Waals surface area contributed by atoms with E-state index in [4.69, 9.17) is 16.3 Å². The molecule has 1 N–H and O–H groups in total. The van der Waals surface area contributed by atoms with Crippen molar-refractivity contribution in [2.75, 3.05) is 13.1 Å². The number of ether oxygens (including phenoxy) is 1. The van der Waals surface area contributed by atoms with Crippen LogP contribution in [0.3, 0.4) is 0 Å². The SMILES string of the molecule is CC(C)(C)OC(=O)N(CCc1ccccc1[N+](=O)[O-])C[C@@H](O)c1cccc(Cl)n1. The molecule has 0 saturated carbocycles. The summed E-state index contributed by atoms with van der Waals surface area (Å²) in [5, 5.41) is 22.0. The second-order valence-electron chi connectivity index (χ2n) is 7.46. The van der Waals surface area contributed by atoms with E-state index in [2.05, 4.69) is 4.98 Å². The molecule has 0 aliphatic rings. The van der Waals surface area contributed by atoms with E-state index in [1.807, 2.05) is 0 Å². The number of amides is 1. The molecule has 9 heteroatoms. The smallest absolute Gasteiger partial charge is 0.410 e. The van der Waals surface area contributed by atoms with E-state index in [1.165, 1.54) is 11.0 Å². The van der Waals surface area contributed by atoms with Gasteiger partial charge in [0.05, 0.1) is 17.2 Å². The van der Waals surface area contributed by atoms with Crippen molar-refractivity contribution in [3.63, 3.8) is 0 Å². The standard InChI is InChI=1S/C20H24ClN3O5/c1-20(2,3)29-19(26)23(13-17(25)15-8-6-10-18(21)22-15)12-11-14-7-4-5-9-16(14)24(27)28/h4-10,17,25H,11-13H2,1-3H3/t17-/m1/s1. The van der Waals surface area contributed by atoms with Gasteiger partial charge in [-0.3, -0.25) is 10.1 Å². The van der Waals surface area contributed by atoms with Gasteiger partial charge in [-0.2, -0.15) is 0 Å². The minimum Gasteiger partial charge on any atom is -0.444 e. The van der Waals surface area contributed by atoms with E-state index in [0.717, 1.165) is 0 Å². The van der Waals surface area contributed by atoms with Crippen LogP contribution in [0.1, 0.15) is 38.1 Å². The van der Waals surface area contributed by atoms with Crippen LogP contribution in [-0.2, 0) is 11.2 Å². The van der Waals surface area contributed by atoms with Crippen LogP contribution in [0.5, 0.6) is 0 Å². The van der Waals surface area contributed by atoms with Gasteiger partial charge in [-0.05, 0) is 39.3 Å². The van der Waals surface area contributed by atoms with Gasteiger partial charge in [-0.1, -0.05) is 35.9 Å². The number of aliphatic hydroxyl groups is 1. The first-order valence-corrected chi connectivity index (χ1v) is 9.45. The number of nitrogens with zero attached hydrogens (tertiary/aromatic N) is 3. The van der Waals surface area contributed by atoms with Crippen molar-refractivity contribution in [1.29, 1.82) is 0 Å². The van der Waals surface area contributed by atoms with Crippen molar-refractivity contribution in [1.82, 2.24) is 9.88 Å². The van der Waals surface area contributed by atoms with Gasteiger partial charge in [0, 0.05) is 18.2 Å². The van der Waals surface area contributed by atoms with E-state index in [1.54, 1.807) is 57.2 Å². The highest BCUT2D eigenvalue weighted by Gasteiger charge is 2.26. The molecule has 156 valence electrons. The number of rotatable bonds is 7. The molecule has 1 aromatic carbocycles. The molecule has 0 spiro atoms. The van der Waals surface area contributed by atoms with E-state index in [-0.39, 0.29) is 30.4 Å². The Kier molecular flexibility index (Phi) is 7.53. The highest BCUT2D eigenvalue weighted by Crippen LogP contribution is 2.21. The van der Waals surface area contributed by atoms with Gasteiger partial charge in [0.25, 0.3) is 5.69 Å². The van der Waals surface area contributed by atoms with Crippen LogP contribution < -0.4 is 0 Å². The summed E-state index contributed by atoms with van der Waals surface area (Å²) in [7, 11) is 0. The van der Waals surface area contributed by atoms with Crippen LogP contribution in [0.2, 0.25) is 5.15 Å². The Hall–Kier alpha value is -2.71. The van der Waals surface area contributed by atoms with Crippen LogP contribution in [0.25, 0.3) is 0 Å². The second kappa shape index (κ2) is 9.67. The topological polar surface area (TPSA) is 106 Å². The number of aliphatic hydroxyl groups excluding tert-OH is 1. The van der Waals surface area contributed by atoms with Crippen molar-refractivity contribution in [2.24, 2.45) is 0 Å². The number of nitro benzene ring substituents is 1. The summed E-state index contributed by atoms with van der Waals surface area (Å²) in [4.78, 5) is 28.8. The first kappa shape index (κ1) is 22.6. The predicted octanol–water partition coefficient (Wildman–Crippen LogP) is 4.16. The number of nitro groups is 1. The highest BCUT2D eigenvalue weighted by molar-refractivity contribution is 6.29.